The van der Waals surface area contributed by atoms with Gasteiger partial charge < -0.3 is 5.32 Å². The molecule has 1 heteroatoms. The van der Waals surface area contributed by atoms with Gasteiger partial charge in [-0.25, -0.2) is 0 Å². The van der Waals surface area contributed by atoms with Crippen LogP contribution in [0.5, 0.6) is 0 Å². The summed E-state index contributed by atoms with van der Waals surface area (Å²) in [5.74, 6) is 0.726. The lowest BCUT2D eigenvalue weighted by atomic mass is 9.96. The van der Waals surface area contributed by atoms with E-state index in [1.54, 1.807) is 0 Å². The molecule has 102 valence electrons. The SMILES string of the molecule is CCNC(CCCc1cc(C)cc(C)c1)C(C)C. The number of benzene rings is 1. The van der Waals surface area contributed by atoms with Gasteiger partial charge in [0.05, 0.1) is 0 Å². The summed E-state index contributed by atoms with van der Waals surface area (Å²) in [6.45, 7) is 12.3. The van der Waals surface area contributed by atoms with Crippen LogP contribution in [0.4, 0.5) is 0 Å². The molecule has 0 fully saturated rings. The molecule has 18 heavy (non-hydrogen) atoms. The highest BCUT2D eigenvalue weighted by atomic mass is 14.9. The Bertz CT molecular complexity index is 334. The summed E-state index contributed by atoms with van der Waals surface area (Å²) in [5.41, 5.74) is 4.26. The third-order valence-corrected chi connectivity index (χ3v) is 3.53. The van der Waals surface area contributed by atoms with E-state index >= 15 is 0 Å². The van der Waals surface area contributed by atoms with Crippen molar-refractivity contribution in [2.45, 2.75) is 59.9 Å². The number of hydrogen-bond acceptors (Lipinski definition) is 1. The molecule has 1 N–H and O–H groups in total. The number of aryl methyl sites for hydroxylation is 3. The molecule has 0 heterocycles. The summed E-state index contributed by atoms with van der Waals surface area (Å²) in [6.07, 6.45) is 3.76. The Morgan fingerprint density at radius 2 is 1.67 bits per heavy atom. The molecule has 1 aromatic rings. The van der Waals surface area contributed by atoms with Crippen LogP contribution in [0.15, 0.2) is 18.2 Å². The molecule has 0 saturated carbocycles. The van der Waals surface area contributed by atoms with Gasteiger partial charge in [0, 0.05) is 6.04 Å². The topological polar surface area (TPSA) is 12.0 Å². The molecule has 0 radical (unpaired) electrons. The highest BCUT2D eigenvalue weighted by Gasteiger charge is 2.11. The Hall–Kier alpha value is -0.820. The Morgan fingerprint density at radius 1 is 1.06 bits per heavy atom. The molecule has 0 amide bonds. The van der Waals surface area contributed by atoms with Crippen LogP contribution < -0.4 is 5.32 Å². The summed E-state index contributed by atoms with van der Waals surface area (Å²) >= 11 is 0. The average molecular weight is 247 g/mol. The van der Waals surface area contributed by atoms with Crippen molar-refractivity contribution in [3.63, 3.8) is 0 Å². The van der Waals surface area contributed by atoms with Gasteiger partial charge in [-0.2, -0.15) is 0 Å². The zero-order valence-electron chi connectivity index (χ0n) is 12.7. The number of nitrogens with one attached hydrogen (secondary N) is 1. The molecule has 0 spiro atoms. The lowest BCUT2D eigenvalue weighted by Crippen LogP contribution is -2.33. The molecule has 1 nitrogen and oxygen atoms in total. The lowest BCUT2D eigenvalue weighted by molar-refractivity contribution is 0.377. The minimum Gasteiger partial charge on any atom is -0.314 e. The number of rotatable bonds is 7. The molecule has 1 rings (SSSR count). The third kappa shape index (κ3) is 5.22. The summed E-state index contributed by atoms with van der Waals surface area (Å²) in [6, 6.07) is 7.56. The van der Waals surface area contributed by atoms with Crippen LogP contribution in [0.1, 0.15) is 50.3 Å². The summed E-state index contributed by atoms with van der Waals surface area (Å²) < 4.78 is 0. The predicted octanol–water partition coefficient (Wildman–Crippen LogP) is 4.26. The molecular weight excluding hydrogens is 218 g/mol. The molecule has 0 aliphatic heterocycles. The van der Waals surface area contributed by atoms with Crippen LogP contribution in [0.25, 0.3) is 0 Å². The van der Waals surface area contributed by atoms with E-state index in [2.05, 4.69) is 58.1 Å². The monoisotopic (exact) mass is 247 g/mol. The van der Waals surface area contributed by atoms with Gasteiger partial charge in [-0.15, -0.1) is 0 Å². The van der Waals surface area contributed by atoms with E-state index in [1.807, 2.05) is 0 Å². The van der Waals surface area contributed by atoms with E-state index in [0.29, 0.717) is 6.04 Å². The maximum Gasteiger partial charge on any atom is 0.00900 e. The summed E-state index contributed by atoms with van der Waals surface area (Å²) in [7, 11) is 0. The second-order valence-electron chi connectivity index (χ2n) is 5.80. The normalized spacial score (nSPS) is 13.0. The smallest absolute Gasteiger partial charge is 0.00900 e. The highest BCUT2D eigenvalue weighted by molar-refractivity contribution is 5.28. The molecule has 0 aliphatic carbocycles. The third-order valence-electron chi connectivity index (χ3n) is 3.53. The van der Waals surface area contributed by atoms with Crippen LogP contribution in [0.2, 0.25) is 0 Å². The van der Waals surface area contributed by atoms with E-state index in [-0.39, 0.29) is 0 Å². The fourth-order valence-corrected chi connectivity index (χ4v) is 2.67. The van der Waals surface area contributed by atoms with Crippen LogP contribution in [0, 0.1) is 19.8 Å². The standard InChI is InChI=1S/C17H29N/c1-6-18-17(13(2)3)9-7-8-16-11-14(4)10-15(5)12-16/h10-13,17-18H,6-9H2,1-5H3. The first-order chi connectivity index (χ1) is 8.52. The van der Waals surface area contributed by atoms with E-state index in [4.69, 9.17) is 0 Å². The van der Waals surface area contributed by atoms with Gasteiger partial charge in [0.2, 0.25) is 0 Å². The molecule has 0 bridgehead atoms. The van der Waals surface area contributed by atoms with Crippen LogP contribution in [-0.4, -0.2) is 12.6 Å². The Morgan fingerprint density at radius 3 is 2.17 bits per heavy atom. The van der Waals surface area contributed by atoms with Crippen molar-refractivity contribution in [3.05, 3.63) is 34.9 Å². The van der Waals surface area contributed by atoms with Crippen LogP contribution >= 0.6 is 0 Å². The maximum absolute atomic E-state index is 3.59. The van der Waals surface area contributed by atoms with E-state index in [9.17, 15) is 0 Å². The van der Waals surface area contributed by atoms with Gasteiger partial charge in [0.25, 0.3) is 0 Å². The molecular formula is C17H29N. The van der Waals surface area contributed by atoms with Crippen molar-refractivity contribution in [1.29, 1.82) is 0 Å². The minimum atomic E-state index is 0.668. The Labute approximate surface area is 113 Å². The van der Waals surface area contributed by atoms with Crippen molar-refractivity contribution in [1.82, 2.24) is 5.32 Å². The molecule has 1 unspecified atom stereocenters. The molecule has 0 aromatic heterocycles. The van der Waals surface area contributed by atoms with Gasteiger partial charge >= 0.3 is 0 Å². The van der Waals surface area contributed by atoms with Gasteiger partial charge in [-0.1, -0.05) is 50.1 Å². The van der Waals surface area contributed by atoms with Gasteiger partial charge in [0.1, 0.15) is 0 Å². The first-order valence-electron chi connectivity index (χ1n) is 7.33. The largest absolute Gasteiger partial charge is 0.314 e. The molecule has 0 saturated heterocycles. The minimum absolute atomic E-state index is 0.668. The van der Waals surface area contributed by atoms with Crippen LogP contribution in [-0.2, 0) is 6.42 Å². The van der Waals surface area contributed by atoms with Crippen molar-refractivity contribution < 1.29 is 0 Å². The molecule has 1 atom stereocenters. The Balaban J connectivity index is 2.44. The molecule has 1 aromatic carbocycles. The maximum atomic E-state index is 3.59. The van der Waals surface area contributed by atoms with E-state index < -0.39 is 0 Å². The second-order valence-corrected chi connectivity index (χ2v) is 5.80. The lowest BCUT2D eigenvalue weighted by Gasteiger charge is -2.21. The second kappa shape index (κ2) is 7.58. The van der Waals surface area contributed by atoms with Crippen molar-refractivity contribution in [3.8, 4) is 0 Å². The van der Waals surface area contributed by atoms with Crippen molar-refractivity contribution in [2.24, 2.45) is 5.92 Å². The fourth-order valence-electron chi connectivity index (χ4n) is 2.67. The van der Waals surface area contributed by atoms with Gasteiger partial charge in [0.15, 0.2) is 0 Å². The van der Waals surface area contributed by atoms with Gasteiger partial charge in [-0.3, -0.25) is 0 Å². The summed E-state index contributed by atoms with van der Waals surface area (Å²) in [5, 5.41) is 3.59. The average Bonchev–Trinajstić information content (AvgIpc) is 2.26. The van der Waals surface area contributed by atoms with Crippen molar-refractivity contribution >= 4 is 0 Å². The fraction of sp³-hybridized carbons (Fsp3) is 0.647. The van der Waals surface area contributed by atoms with Crippen molar-refractivity contribution in [2.75, 3.05) is 6.54 Å². The van der Waals surface area contributed by atoms with Gasteiger partial charge in [-0.05, 0) is 51.1 Å². The van der Waals surface area contributed by atoms with Crippen LogP contribution in [0.3, 0.4) is 0 Å². The highest BCUT2D eigenvalue weighted by Crippen LogP contribution is 2.14. The van der Waals surface area contributed by atoms with E-state index in [1.165, 1.54) is 36.0 Å². The summed E-state index contributed by atoms with van der Waals surface area (Å²) in [4.78, 5) is 0. The predicted molar refractivity (Wildman–Crippen MR) is 81.2 cm³/mol. The number of hydrogen-bond donors (Lipinski definition) is 1. The Kier molecular flexibility index (Phi) is 6.42. The quantitative estimate of drug-likeness (QED) is 0.759. The first kappa shape index (κ1) is 15.2. The zero-order valence-corrected chi connectivity index (χ0v) is 12.7. The molecule has 0 aliphatic rings. The zero-order chi connectivity index (χ0) is 13.5. The van der Waals surface area contributed by atoms with E-state index in [0.717, 1.165) is 12.5 Å². The first-order valence-corrected chi connectivity index (χ1v) is 7.33.